The molecule has 3 heterocycles. The van der Waals surface area contributed by atoms with Crippen molar-refractivity contribution >= 4 is 46.4 Å². The number of thiazole rings is 1. The first-order valence-corrected chi connectivity index (χ1v) is 14.9. The minimum Gasteiger partial charge on any atom is -0.497 e. The lowest BCUT2D eigenvalue weighted by Crippen LogP contribution is -2.40. The minimum absolute atomic E-state index is 0.134. The van der Waals surface area contributed by atoms with Crippen molar-refractivity contribution in [2.75, 3.05) is 13.7 Å². The van der Waals surface area contributed by atoms with Gasteiger partial charge in [-0.05, 0) is 42.8 Å². The van der Waals surface area contributed by atoms with Crippen LogP contribution in [0.25, 0.3) is 23.1 Å². The molecule has 0 aliphatic carbocycles. The van der Waals surface area contributed by atoms with Gasteiger partial charge in [0.25, 0.3) is 11.2 Å². The fourth-order valence-electron chi connectivity index (χ4n) is 5.09. The molecule has 0 radical (unpaired) electrons. The maximum atomic E-state index is 14.1. The predicted octanol–water partition coefficient (Wildman–Crippen LogP) is 5.77. The van der Waals surface area contributed by atoms with Crippen molar-refractivity contribution in [3.8, 4) is 17.1 Å². The van der Waals surface area contributed by atoms with Crippen molar-refractivity contribution in [1.29, 1.82) is 0 Å². The number of nitro benzene ring substituents is 1. The van der Waals surface area contributed by atoms with Crippen LogP contribution in [0.4, 0.5) is 5.69 Å². The van der Waals surface area contributed by atoms with Crippen LogP contribution in [0.15, 0.2) is 105 Å². The molecule has 6 rings (SSSR count). The van der Waals surface area contributed by atoms with E-state index in [-0.39, 0.29) is 22.9 Å². The second-order valence-corrected chi connectivity index (χ2v) is 11.2. The lowest BCUT2D eigenvalue weighted by molar-refractivity contribution is -0.384. The average Bonchev–Trinajstić information content (AvgIpc) is 3.64. The maximum absolute atomic E-state index is 14.1. The van der Waals surface area contributed by atoms with Crippen molar-refractivity contribution in [2.45, 2.75) is 13.0 Å². The van der Waals surface area contributed by atoms with Gasteiger partial charge >= 0.3 is 5.97 Å². The van der Waals surface area contributed by atoms with E-state index in [1.807, 2.05) is 36.4 Å². The Labute approximate surface area is 264 Å². The number of halogens is 1. The molecule has 12 heteroatoms. The molecule has 0 bridgehead atoms. The fourth-order valence-corrected chi connectivity index (χ4v) is 6.28. The molecule has 0 N–H and O–H groups in total. The van der Waals surface area contributed by atoms with Crippen LogP contribution in [0.1, 0.15) is 29.9 Å². The van der Waals surface area contributed by atoms with E-state index in [1.54, 1.807) is 50.4 Å². The molecule has 45 heavy (non-hydrogen) atoms. The zero-order valence-electron chi connectivity index (χ0n) is 23.9. The van der Waals surface area contributed by atoms with Crippen molar-refractivity contribution in [3.05, 3.63) is 142 Å². The number of nitro groups is 1. The second kappa shape index (κ2) is 12.4. The minimum atomic E-state index is -0.872. The quantitative estimate of drug-likeness (QED) is 0.120. The van der Waals surface area contributed by atoms with Crippen LogP contribution in [0, 0.1) is 10.1 Å². The molecular weight excluding hydrogens is 618 g/mol. The van der Waals surface area contributed by atoms with Gasteiger partial charge in [-0.3, -0.25) is 19.5 Å². The third-order valence-electron chi connectivity index (χ3n) is 7.11. The molecule has 1 atom stereocenters. The van der Waals surface area contributed by atoms with Crippen LogP contribution in [0.3, 0.4) is 0 Å². The van der Waals surface area contributed by atoms with E-state index >= 15 is 0 Å². The number of ether oxygens (including phenoxy) is 2. The van der Waals surface area contributed by atoms with Crippen molar-refractivity contribution in [3.63, 3.8) is 0 Å². The van der Waals surface area contributed by atoms with E-state index < -0.39 is 22.5 Å². The van der Waals surface area contributed by atoms with Gasteiger partial charge < -0.3 is 13.9 Å². The number of furan rings is 1. The summed E-state index contributed by atoms with van der Waals surface area (Å²) in [6, 6.07) is 22.9. The van der Waals surface area contributed by atoms with Gasteiger partial charge in [-0.25, -0.2) is 9.79 Å². The normalized spacial score (nSPS) is 14.6. The summed E-state index contributed by atoms with van der Waals surface area (Å²) in [5, 5.41) is 11.6. The Morgan fingerprint density at radius 1 is 1.11 bits per heavy atom. The van der Waals surface area contributed by atoms with Crippen molar-refractivity contribution < 1.29 is 23.6 Å². The largest absolute Gasteiger partial charge is 0.497 e. The lowest BCUT2D eigenvalue weighted by atomic mass is 9.93. The Morgan fingerprint density at radius 2 is 1.91 bits per heavy atom. The number of non-ortho nitro benzene ring substituents is 1. The highest BCUT2D eigenvalue weighted by Crippen LogP contribution is 2.36. The summed E-state index contributed by atoms with van der Waals surface area (Å²) in [5.74, 6) is 0.585. The maximum Gasteiger partial charge on any atom is 0.338 e. The van der Waals surface area contributed by atoms with Crippen LogP contribution in [0.5, 0.6) is 5.75 Å². The number of rotatable bonds is 8. The number of carbonyl (C=O) groups is 1. The first-order valence-electron chi connectivity index (χ1n) is 13.8. The Morgan fingerprint density at radius 3 is 2.64 bits per heavy atom. The average molecular weight is 642 g/mol. The number of esters is 1. The highest BCUT2D eigenvalue weighted by Gasteiger charge is 2.35. The molecule has 0 saturated heterocycles. The Bertz CT molecular complexity index is 2170. The molecule has 1 aliphatic heterocycles. The Hall–Kier alpha value is -5.26. The SMILES string of the molecule is CCOC(=O)C1=C(c2ccccc2)N=c2s/c(=C\c3ccc(-c4cc([N+](=O)[O-])ccc4Cl)o3)c(=O)n2[C@H]1c1cccc(OC)c1. The van der Waals surface area contributed by atoms with Gasteiger partial charge in [0.05, 0.1) is 45.5 Å². The standard InChI is InChI=1S/C33H24ClN3O7S/c1-3-43-32(39)28-29(19-8-5-4-6-9-19)35-33-36(30(28)20-10-7-11-22(16-20)42-2)31(38)27(45-33)18-23-13-15-26(44-23)24-17-21(37(40)41)12-14-25(24)34/h4-18,30H,3H2,1-2H3/b27-18-/t30-/m0/s1. The predicted molar refractivity (Wildman–Crippen MR) is 170 cm³/mol. The Kier molecular flexibility index (Phi) is 8.20. The molecule has 0 amide bonds. The number of carbonyl (C=O) groups excluding carboxylic acids is 1. The molecule has 0 saturated carbocycles. The first kappa shape index (κ1) is 29.8. The van der Waals surface area contributed by atoms with Crippen LogP contribution in [-0.4, -0.2) is 29.2 Å². The van der Waals surface area contributed by atoms with E-state index in [9.17, 15) is 19.7 Å². The number of fused-ring (bicyclic) bond motifs is 1. The number of methoxy groups -OCH3 is 1. The molecule has 10 nitrogen and oxygen atoms in total. The summed E-state index contributed by atoms with van der Waals surface area (Å²) < 4.78 is 18.7. The molecule has 1 aliphatic rings. The van der Waals surface area contributed by atoms with E-state index in [1.165, 1.54) is 22.8 Å². The van der Waals surface area contributed by atoms with Gasteiger partial charge in [-0.2, -0.15) is 0 Å². The highest BCUT2D eigenvalue weighted by molar-refractivity contribution is 7.07. The van der Waals surface area contributed by atoms with E-state index in [0.717, 1.165) is 11.3 Å². The molecular formula is C33H24ClN3O7S. The highest BCUT2D eigenvalue weighted by atomic mass is 35.5. The zero-order chi connectivity index (χ0) is 31.7. The van der Waals surface area contributed by atoms with E-state index in [2.05, 4.69) is 0 Å². The van der Waals surface area contributed by atoms with Gasteiger partial charge in [0.2, 0.25) is 0 Å². The number of benzene rings is 3. The van der Waals surface area contributed by atoms with Gasteiger partial charge in [-0.1, -0.05) is 65.4 Å². The Balaban J connectivity index is 1.55. The van der Waals surface area contributed by atoms with Crippen LogP contribution in [-0.2, 0) is 9.53 Å². The number of hydrogen-bond acceptors (Lipinski definition) is 9. The molecule has 2 aromatic heterocycles. The van der Waals surface area contributed by atoms with Gasteiger partial charge in [-0.15, -0.1) is 0 Å². The molecule has 0 spiro atoms. The molecule has 0 unspecified atom stereocenters. The van der Waals surface area contributed by atoms with Crippen LogP contribution in [0.2, 0.25) is 5.02 Å². The summed E-state index contributed by atoms with van der Waals surface area (Å²) in [4.78, 5) is 43.7. The third kappa shape index (κ3) is 5.70. The van der Waals surface area contributed by atoms with Crippen LogP contribution < -0.4 is 19.6 Å². The number of hydrogen-bond donors (Lipinski definition) is 0. The van der Waals surface area contributed by atoms with Crippen molar-refractivity contribution in [1.82, 2.24) is 4.57 Å². The third-order valence-corrected chi connectivity index (χ3v) is 8.42. The summed E-state index contributed by atoms with van der Waals surface area (Å²) >= 11 is 7.45. The second-order valence-electron chi connectivity index (χ2n) is 9.83. The molecule has 226 valence electrons. The van der Waals surface area contributed by atoms with Crippen molar-refractivity contribution in [2.24, 2.45) is 4.99 Å². The fraction of sp³-hybridized carbons (Fsp3) is 0.121. The van der Waals surface area contributed by atoms with E-state index in [0.29, 0.717) is 49.0 Å². The summed E-state index contributed by atoms with van der Waals surface area (Å²) in [6.45, 7) is 1.85. The zero-order valence-corrected chi connectivity index (χ0v) is 25.5. The summed E-state index contributed by atoms with van der Waals surface area (Å²) in [7, 11) is 1.54. The lowest BCUT2D eigenvalue weighted by Gasteiger charge is -2.26. The molecule has 0 fully saturated rings. The topological polar surface area (TPSA) is 126 Å². The van der Waals surface area contributed by atoms with E-state index in [4.69, 9.17) is 30.5 Å². The van der Waals surface area contributed by atoms with Gasteiger partial charge in [0, 0.05) is 29.3 Å². The number of aromatic nitrogens is 1. The first-order chi connectivity index (χ1) is 21.8. The van der Waals surface area contributed by atoms with Gasteiger partial charge in [0.15, 0.2) is 4.80 Å². The number of nitrogens with zero attached hydrogens (tertiary/aromatic N) is 3. The van der Waals surface area contributed by atoms with Crippen LogP contribution >= 0.6 is 22.9 Å². The summed E-state index contributed by atoms with van der Waals surface area (Å²) in [6.07, 6.45) is 1.57. The molecule has 3 aromatic carbocycles. The smallest absolute Gasteiger partial charge is 0.338 e. The molecule has 5 aromatic rings. The summed E-state index contributed by atoms with van der Waals surface area (Å²) in [5.41, 5.74) is 1.75. The monoisotopic (exact) mass is 641 g/mol. The van der Waals surface area contributed by atoms with Gasteiger partial charge in [0.1, 0.15) is 17.3 Å².